The van der Waals surface area contributed by atoms with Crippen molar-refractivity contribution in [2.75, 3.05) is 11.2 Å². The number of nitrogens with one attached hydrogen (secondary N) is 1. The fourth-order valence-corrected chi connectivity index (χ4v) is 3.02. The molecule has 116 valence electrons. The molecule has 6 nitrogen and oxygen atoms in total. The van der Waals surface area contributed by atoms with Crippen molar-refractivity contribution in [2.45, 2.75) is 36.1 Å². The number of aromatic nitrogens is 3. The number of rotatable bonds is 5. The number of amides is 1. The smallest absolute Gasteiger partial charge is 0.237 e. The monoisotopic (exact) mass is 381 g/mol. The third kappa shape index (κ3) is 3.44. The molecule has 0 radical (unpaired) electrons. The molecular weight excluding hydrogens is 366 g/mol. The number of anilines is 1. The van der Waals surface area contributed by atoms with Gasteiger partial charge < -0.3 is 11.2 Å². The summed E-state index contributed by atoms with van der Waals surface area (Å²) in [5, 5.41) is 11.3. The highest BCUT2D eigenvalue weighted by atomic mass is 79.9. The number of benzene rings is 1. The highest BCUT2D eigenvalue weighted by molar-refractivity contribution is 9.10. The van der Waals surface area contributed by atoms with E-state index in [-0.39, 0.29) is 11.2 Å². The number of carbonyl (C=O) groups excluding carboxylic acids is 1. The fourth-order valence-electron chi connectivity index (χ4n) is 1.98. The van der Waals surface area contributed by atoms with Crippen LogP contribution in [0, 0.1) is 0 Å². The lowest BCUT2D eigenvalue weighted by atomic mass is 10.3. The number of thioether (sulfide) groups is 1. The van der Waals surface area contributed by atoms with Gasteiger partial charge in [0.1, 0.15) is 0 Å². The van der Waals surface area contributed by atoms with Crippen molar-refractivity contribution in [3.05, 3.63) is 34.6 Å². The third-order valence-corrected chi connectivity index (χ3v) is 4.98. The van der Waals surface area contributed by atoms with Crippen molar-refractivity contribution in [1.82, 2.24) is 14.9 Å². The Labute approximate surface area is 141 Å². The zero-order valence-electron chi connectivity index (χ0n) is 12.0. The van der Waals surface area contributed by atoms with Gasteiger partial charge in [-0.15, -0.1) is 10.2 Å². The Balaban J connectivity index is 1.62. The number of carbonyl (C=O) groups is 1. The topological polar surface area (TPSA) is 85.8 Å². The predicted octanol–water partition coefficient (Wildman–Crippen LogP) is 2.75. The maximum atomic E-state index is 12.2. The molecule has 1 amide bonds. The standard InChI is InChI=1S/C14H16BrN5OS/c1-8(13(21)17-11-6-4-10(15)5-7-11)22-14-19-18-12(20(14)16)9-2-3-9/h4-9H,2-3,16H2,1H3,(H,17,21)/t8-/m0/s1. The third-order valence-electron chi connectivity index (χ3n) is 3.40. The minimum Gasteiger partial charge on any atom is -0.336 e. The molecule has 1 fully saturated rings. The molecule has 22 heavy (non-hydrogen) atoms. The second kappa shape index (κ2) is 6.29. The molecule has 3 N–H and O–H groups in total. The van der Waals surface area contributed by atoms with Crippen LogP contribution in [0.5, 0.6) is 0 Å². The SMILES string of the molecule is C[C@H](Sc1nnc(C2CC2)n1N)C(=O)Nc1ccc(Br)cc1. The summed E-state index contributed by atoms with van der Waals surface area (Å²) < 4.78 is 2.47. The van der Waals surface area contributed by atoms with E-state index in [1.807, 2.05) is 31.2 Å². The molecule has 1 aromatic carbocycles. The van der Waals surface area contributed by atoms with Gasteiger partial charge in [0.15, 0.2) is 5.82 Å². The molecular formula is C14H16BrN5OS. The predicted molar refractivity (Wildman–Crippen MR) is 90.2 cm³/mol. The van der Waals surface area contributed by atoms with E-state index in [1.54, 1.807) is 0 Å². The Morgan fingerprint density at radius 3 is 2.73 bits per heavy atom. The van der Waals surface area contributed by atoms with Gasteiger partial charge in [0, 0.05) is 16.1 Å². The van der Waals surface area contributed by atoms with Crippen molar-refractivity contribution >= 4 is 39.3 Å². The normalized spacial score (nSPS) is 15.5. The van der Waals surface area contributed by atoms with Gasteiger partial charge in [-0.05, 0) is 44.0 Å². The van der Waals surface area contributed by atoms with Crippen molar-refractivity contribution in [2.24, 2.45) is 0 Å². The summed E-state index contributed by atoms with van der Waals surface area (Å²) in [6.45, 7) is 1.82. The maximum Gasteiger partial charge on any atom is 0.237 e. The summed E-state index contributed by atoms with van der Waals surface area (Å²) in [7, 11) is 0. The summed E-state index contributed by atoms with van der Waals surface area (Å²) in [5.41, 5.74) is 0.758. The average molecular weight is 382 g/mol. The van der Waals surface area contributed by atoms with Gasteiger partial charge in [-0.1, -0.05) is 27.7 Å². The Bertz CT molecular complexity index is 683. The van der Waals surface area contributed by atoms with E-state index in [4.69, 9.17) is 5.84 Å². The van der Waals surface area contributed by atoms with Crippen molar-refractivity contribution < 1.29 is 4.79 Å². The van der Waals surface area contributed by atoms with Crippen LogP contribution < -0.4 is 11.2 Å². The number of halogens is 1. The average Bonchev–Trinajstić information content (AvgIpc) is 3.27. The van der Waals surface area contributed by atoms with Crippen molar-refractivity contribution in [3.63, 3.8) is 0 Å². The van der Waals surface area contributed by atoms with Gasteiger partial charge in [-0.25, -0.2) is 4.68 Å². The quantitative estimate of drug-likeness (QED) is 0.614. The van der Waals surface area contributed by atoms with E-state index in [1.165, 1.54) is 16.4 Å². The van der Waals surface area contributed by atoms with Crippen molar-refractivity contribution in [3.8, 4) is 0 Å². The first-order valence-electron chi connectivity index (χ1n) is 6.98. The first-order chi connectivity index (χ1) is 10.5. The summed E-state index contributed by atoms with van der Waals surface area (Å²) in [6.07, 6.45) is 2.22. The number of nitrogens with two attached hydrogens (primary N) is 1. The van der Waals surface area contributed by atoms with Gasteiger partial charge >= 0.3 is 0 Å². The zero-order valence-corrected chi connectivity index (χ0v) is 14.4. The summed E-state index contributed by atoms with van der Waals surface area (Å²) in [6, 6.07) is 7.45. The van der Waals surface area contributed by atoms with Crippen LogP contribution >= 0.6 is 27.7 Å². The second-order valence-electron chi connectivity index (χ2n) is 5.24. The molecule has 1 atom stereocenters. The molecule has 1 saturated carbocycles. The van der Waals surface area contributed by atoms with Crippen LogP contribution in [0.4, 0.5) is 5.69 Å². The van der Waals surface area contributed by atoms with E-state index in [2.05, 4.69) is 31.4 Å². The summed E-state index contributed by atoms with van der Waals surface area (Å²) in [5.74, 6) is 7.14. The Morgan fingerprint density at radius 2 is 2.09 bits per heavy atom. The largest absolute Gasteiger partial charge is 0.336 e. The second-order valence-corrected chi connectivity index (χ2v) is 7.46. The van der Waals surface area contributed by atoms with E-state index in [9.17, 15) is 4.79 Å². The minimum atomic E-state index is -0.317. The van der Waals surface area contributed by atoms with Gasteiger partial charge in [0.2, 0.25) is 11.1 Å². The molecule has 0 unspecified atom stereocenters. The van der Waals surface area contributed by atoms with E-state index < -0.39 is 0 Å². The Hall–Kier alpha value is -1.54. The maximum absolute atomic E-state index is 12.2. The van der Waals surface area contributed by atoms with Crippen LogP contribution in [0.2, 0.25) is 0 Å². The molecule has 0 saturated heterocycles. The summed E-state index contributed by atoms with van der Waals surface area (Å²) >= 11 is 4.67. The van der Waals surface area contributed by atoms with Crippen LogP contribution in [-0.4, -0.2) is 26.0 Å². The first-order valence-corrected chi connectivity index (χ1v) is 8.65. The van der Waals surface area contributed by atoms with E-state index in [0.29, 0.717) is 11.1 Å². The van der Waals surface area contributed by atoms with Gasteiger partial charge in [-0.3, -0.25) is 4.79 Å². The molecule has 3 rings (SSSR count). The van der Waals surface area contributed by atoms with Crippen LogP contribution in [0.15, 0.2) is 33.9 Å². The molecule has 0 spiro atoms. The zero-order chi connectivity index (χ0) is 15.7. The van der Waals surface area contributed by atoms with Crippen LogP contribution in [0.25, 0.3) is 0 Å². The minimum absolute atomic E-state index is 0.0942. The fraction of sp³-hybridized carbons (Fsp3) is 0.357. The van der Waals surface area contributed by atoms with E-state index >= 15 is 0 Å². The number of nitrogens with zero attached hydrogens (tertiary/aromatic N) is 3. The number of hydrogen-bond acceptors (Lipinski definition) is 5. The molecule has 1 aromatic heterocycles. The Morgan fingerprint density at radius 1 is 1.41 bits per heavy atom. The molecule has 1 aliphatic carbocycles. The molecule has 0 bridgehead atoms. The molecule has 2 aromatic rings. The van der Waals surface area contributed by atoms with Crippen LogP contribution in [-0.2, 0) is 4.79 Å². The lowest BCUT2D eigenvalue weighted by molar-refractivity contribution is -0.115. The first kappa shape index (κ1) is 15.4. The Kier molecular flexibility index (Phi) is 4.39. The molecule has 1 heterocycles. The molecule has 0 aliphatic heterocycles. The number of hydrogen-bond donors (Lipinski definition) is 2. The van der Waals surface area contributed by atoms with Crippen LogP contribution in [0.1, 0.15) is 31.5 Å². The number of nitrogen functional groups attached to an aromatic ring is 1. The van der Waals surface area contributed by atoms with Gasteiger partial charge in [-0.2, -0.15) is 0 Å². The lowest BCUT2D eigenvalue weighted by Crippen LogP contribution is -2.23. The lowest BCUT2D eigenvalue weighted by Gasteiger charge is -2.11. The molecule has 8 heteroatoms. The summed E-state index contributed by atoms with van der Waals surface area (Å²) in [4.78, 5) is 12.2. The van der Waals surface area contributed by atoms with Gasteiger partial charge in [0.25, 0.3) is 0 Å². The molecule has 1 aliphatic rings. The van der Waals surface area contributed by atoms with E-state index in [0.717, 1.165) is 28.8 Å². The highest BCUT2D eigenvalue weighted by Crippen LogP contribution is 2.39. The van der Waals surface area contributed by atoms with Gasteiger partial charge in [0.05, 0.1) is 5.25 Å². The highest BCUT2D eigenvalue weighted by Gasteiger charge is 2.30. The van der Waals surface area contributed by atoms with Crippen molar-refractivity contribution in [1.29, 1.82) is 0 Å². The van der Waals surface area contributed by atoms with Crippen LogP contribution in [0.3, 0.4) is 0 Å².